The van der Waals surface area contributed by atoms with Gasteiger partial charge in [-0.2, -0.15) is 0 Å². The molecule has 0 saturated carbocycles. The lowest BCUT2D eigenvalue weighted by Gasteiger charge is -2.10. The molecule has 0 spiro atoms. The third-order valence-corrected chi connectivity index (χ3v) is 3.68. The lowest BCUT2D eigenvalue weighted by Crippen LogP contribution is -2.11. The van der Waals surface area contributed by atoms with Gasteiger partial charge in [0.05, 0.1) is 18.4 Å². The number of nitrogens with zero attached hydrogens (tertiary/aromatic N) is 3. The Labute approximate surface area is 126 Å². The smallest absolute Gasteiger partial charge is 0.358 e. The minimum absolute atomic E-state index is 0.0536. The van der Waals surface area contributed by atoms with Crippen LogP contribution in [0, 0.1) is 0 Å². The molecule has 1 aromatic carbocycles. The molecule has 2 rings (SSSR count). The predicted molar refractivity (Wildman–Crippen MR) is 77.3 cm³/mol. The van der Waals surface area contributed by atoms with Crippen LogP contribution in [0.15, 0.2) is 33.3 Å². The van der Waals surface area contributed by atoms with Crippen LogP contribution in [0.4, 0.5) is 5.69 Å². The van der Waals surface area contributed by atoms with Gasteiger partial charge in [-0.1, -0.05) is 11.3 Å². The van der Waals surface area contributed by atoms with Crippen LogP contribution in [-0.2, 0) is 6.54 Å². The highest BCUT2D eigenvalue weighted by Crippen LogP contribution is 2.30. The summed E-state index contributed by atoms with van der Waals surface area (Å²) in [5.41, 5.74) is 0.892. The van der Waals surface area contributed by atoms with Crippen LogP contribution in [0.25, 0.3) is 0 Å². The average molecular weight is 390 g/mol. The summed E-state index contributed by atoms with van der Waals surface area (Å²) in [6.07, 6.45) is 1.40. The normalized spacial score (nSPS) is 10.4. The molecule has 2 aromatic rings. The van der Waals surface area contributed by atoms with Crippen molar-refractivity contribution in [2.75, 3.05) is 11.9 Å². The molecule has 0 unspecified atom stereocenters. The van der Waals surface area contributed by atoms with Gasteiger partial charge in [-0.05, 0) is 44.0 Å². The van der Waals surface area contributed by atoms with E-state index in [0.717, 1.165) is 14.6 Å². The van der Waals surface area contributed by atoms with Crippen LogP contribution in [0.1, 0.15) is 10.5 Å². The SMILES string of the molecule is O=C(O)c1cn(CCNc2c(Br)cccc2Br)nn1. The molecule has 0 fully saturated rings. The molecule has 0 aliphatic carbocycles. The van der Waals surface area contributed by atoms with E-state index in [-0.39, 0.29) is 5.69 Å². The largest absolute Gasteiger partial charge is 0.476 e. The van der Waals surface area contributed by atoms with E-state index < -0.39 is 5.97 Å². The number of carbonyl (C=O) groups is 1. The van der Waals surface area contributed by atoms with Crippen LogP contribution in [0.2, 0.25) is 0 Å². The average Bonchev–Trinajstić information content (AvgIpc) is 2.82. The summed E-state index contributed by atoms with van der Waals surface area (Å²) in [7, 11) is 0. The molecular formula is C11H10Br2N4O2. The third-order valence-electron chi connectivity index (χ3n) is 2.36. The van der Waals surface area contributed by atoms with Crippen LogP contribution in [0.3, 0.4) is 0 Å². The number of benzene rings is 1. The van der Waals surface area contributed by atoms with Gasteiger partial charge in [0.15, 0.2) is 5.69 Å². The van der Waals surface area contributed by atoms with Gasteiger partial charge in [-0.15, -0.1) is 5.10 Å². The van der Waals surface area contributed by atoms with Gasteiger partial charge in [0.1, 0.15) is 0 Å². The molecule has 0 saturated heterocycles. The maximum absolute atomic E-state index is 10.7. The van der Waals surface area contributed by atoms with Crippen LogP contribution >= 0.6 is 31.9 Å². The van der Waals surface area contributed by atoms with Gasteiger partial charge >= 0.3 is 5.97 Å². The molecule has 1 heterocycles. The highest BCUT2D eigenvalue weighted by Gasteiger charge is 2.08. The van der Waals surface area contributed by atoms with Crippen molar-refractivity contribution in [2.45, 2.75) is 6.54 Å². The molecule has 19 heavy (non-hydrogen) atoms. The number of halogens is 2. The Morgan fingerprint density at radius 1 is 1.37 bits per heavy atom. The molecule has 2 N–H and O–H groups in total. The number of aromatic carboxylic acids is 1. The third kappa shape index (κ3) is 3.54. The van der Waals surface area contributed by atoms with Gasteiger partial charge in [0.2, 0.25) is 0 Å². The summed E-state index contributed by atoms with van der Waals surface area (Å²) >= 11 is 6.90. The van der Waals surface area contributed by atoms with Gasteiger partial charge in [0, 0.05) is 15.5 Å². The lowest BCUT2D eigenvalue weighted by atomic mass is 10.3. The zero-order valence-electron chi connectivity index (χ0n) is 9.68. The topological polar surface area (TPSA) is 80.0 Å². The van der Waals surface area contributed by atoms with Crippen molar-refractivity contribution in [1.82, 2.24) is 15.0 Å². The maximum Gasteiger partial charge on any atom is 0.358 e. The number of nitrogens with one attached hydrogen (secondary N) is 1. The number of rotatable bonds is 5. The summed E-state index contributed by atoms with van der Waals surface area (Å²) < 4.78 is 3.39. The zero-order chi connectivity index (χ0) is 13.8. The fraction of sp³-hybridized carbons (Fsp3) is 0.182. The van der Waals surface area contributed by atoms with Crippen molar-refractivity contribution in [2.24, 2.45) is 0 Å². The molecule has 1 aromatic heterocycles. The lowest BCUT2D eigenvalue weighted by molar-refractivity contribution is 0.0690. The van der Waals surface area contributed by atoms with Crippen molar-refractivity contribution in [3.63, 3.8) is 0 Å². The van der Waals surface area contributed by atoms with Crippen molar-refractivity contribution in [1.29, 1.82) is 0 Å². The number of carboxylic acid groups (broad SMARTS) is 1. The first-order chi connectivity index (χ1) is 9.08. The van der Waals surface area contributed by atoms with Crippen LogP contribution < -0.4 is 5.32 Å². The number of hydrogen-bond acceptors (Lipinski definition) is 4. The minimum Gasteiger partial charge on any atom is -0.476 e. The van der Waals surface area contributed by atoms with Gasteiger partial charge < -0.3 is 10.4 Å². The van der Waals surface area contributed by atoms with E-state index in [4.69, 9.17) is 5.11 Å². The molecular weight excluding hydrogens is 380 g/mol. The molecule has 8 heteroatoms. The van der Waals surface area contributed by atoms with E-state index in [1.54, 1.807) is 0 Å². The summed E-state index contributed by atoms with van der Waals surface area (Å²) in [6, 6.07) is 5.80. The van der Waals surface area contributed by atoms with Crippen molar-refractivity contribution in [3.8, 4) is 0 Å². The molecule has 0 aliphatic rings. The Morgan fingerprint density at radius 3 is 2.63 bits per heavy atom. The quantitative estimate of drug-likeness (QED) is 0.821. The van der Waals surface area contributed by atoms with Crippen molar-refractivity contribution in [3.05, 3.63) is 39.0 Å². The Kier molecular flexibility index (Phi) is 4.54. The van der Waals surface area contributed by atoms with E-state index in [2.05, 4.69) is 47.5 Å². The summed E-state index contributed by atoms with van der Waals surface area (Å²) in [4.78, 5) is 10.7. The summed E-state index contributed by atoms with van der Waals surface area (Å²) in [5.74, 6) is -1.08. The number of anilines is 1. The number of para-hydroxylation sites is 1. The summed E-state index contributed by atoms with van der Waals surface area (Å²) in [6.45, 7) is 1.12. The van der Waals surface area contributed by atoms with Gasteiger partial charge in [0.25, 0.3) is 0 Å². The van der Waals surface area contributed by atoms with Crippen molar-refractivity contribution >= 4 is 43.5 Å². The molecule has 0 bridgehead atoms. The standard InChI is InChI=1S/C11H10Br2N4O2/c12-7-2-1-3-8(13)10(7)14-4-5-17-6-9(11(18)19)15-16-17/h1-3,6,14H,4-5H2,(H,18,19). The molecule has 0 radical (unpaired) electrons. The fourth-order valence-electron chi connectivity index (χ4n) is 1.47. The van der Waals surface area contributed by atoms with E-state index >= 15 is 0 Å². The second-order valence-corrected chi connectivity index (χ2v) is 5.40. The Balaban J connectivity index is 1.94. The molecule has 0 aliphatic heterocycles. The first kappa shape index (κ1) is 14.0. The van der Waals surface area contributed by atoms with Crippen molar-refractivity contribution < 1.29 is 9.90 Å². The Hall–Kier alpha value is -1.41. The number of carboxylic acids is 1. The second kappa shape index (κ2) is 6.16. The van der Waals surface area contributed by atoms with E-state index in [9.17, 15) is 4.79 Å². The first-order valence-electron chi connectivity index (χ1n) is 5.39. The number of aromatic nitrogens is 3. The fourth-order valence-corrected chi connectivity index (χ4v) is 2.75. The Morgan fingerprint density at radius 2 is 2.05 bits per heavy atom. The molecule has 0 amide bonds. The number of hydrogen-bond donors (Lipinski definition) is 2. The van der Waals surface area contributed by atoms with Crippen LogP contribution in [-0.4, -0.2) is 32.6 Å². The second-order valence-electron chi connectivity index (χ2n) is 3.70. The first-order valence-corrected chi connectivity index (χ1v) is 6.98. The maximum atomic E-state index is 10.7. The highest BCUT2D eigenvalue weighted by atomic mass is 79.9. The van der Waals surface area contributed by atoms with E-state index in [0.29, 0.717) is 13.1 Å². The van der Waals surface area contributed by atoms with E-state index in [1.165, 1.54) is 10.9 Å². The van der Waals surface area contributed by atoms with Gasteiger partial charge in [-0.3, -0.25) is 0 Å². The molecule has 0 atom stereocenters. The monoisotopic (exact) mass is 388 g/mol. The van der Waals surface area contributed by atoms with Crippen LogP contribution in [0.5, 0.6) is 0 Å². The molecule has 100 valence electrons. The highest BCUT2D eigenvalue weighted by molar-refractivity contribution is 9.11. The van der Waals surface area contributed by atoms with E-state index in [1.807, 2.05) is 18.2 Å². The molecule has 6 nitrogen and oxygen atoms in total. The summed E-state index contributed by atoms with van der Waals surface area (Å²) in [5, 5.41) is 19.2. The minimum atomic E-state index is -1.08. The predicted octanol–water partition coefficient (Wildman–Crippen LogP) is 2.61. The zero-order valence-corrected chi connectivity index (χ0v) is 12.8. The Bertz CT molecular complexity index is 580. The van der Waals surface area contributed by atoms with Gasteiger partial charge in [-0.25, -0.2) is 9.48 Å².